The average Bonchev–Trinajstić information content (AvgIpc) is 2.66. The molecule has 0 aliphatic carbocycles. The molecule has 0 bridgehead atoms. The first kappa shape index (κ1) is 11.2. The molecule has 3 rings (SSSR count). The van der Waals surface area contributed by atoms with E-state index in [0.717, 1.165) is 15.0 Å². The molecule has 1 amide bonds. The van der Waals surface area contributed by atoms with Crippen molar-refractivity contribution in [3.8, 4) is 0 Å². The highest BCUT2D eigenvalue weighted by molar-refractivity contribution is 7.16. The van der Waals surface area contributed by atoms with Gasteiger partial charge in [-0.25, -0.2) is 0 Å². The number of hydrogen-bond donors (Lipinski definition) is 0. The van der Waals surface area contributed by atoms with Gasteiger partial charge in [0.25, 0.3) is 0 Å². The molecule has 1 heterocycles. The van der Waals surface area contributed by atoms with Gasteiger partial charge in [0.2, 0.25) is 5.91 Å². The summed E-state index contributed by atoms with van der Waals surface area (Å²) in [4.78, 5) is 15.9. The second-order valence-corrected chi connectivity index (χ2v) is 5.22. The van der Waals surface area contributed by atoms with Crippen LogP contribution in [0.25, 0.3) is 21.0 Å². The number of fused-ring (bicyclic) bond motifs is 3. The molecule has 0 unspecified atom stereocenters. The van der Waals surface area contributed by atoms with Gasteiger partial charge in [-0.2, -0.15) is 4.99 Å². The largest absolute Gasteiger partial charge is 0.319 e. The van der Waals surface area contributed by atoms with Gasteiger partial charge in [-0.1, -0.05) is 41.7 Å². The molecule has 0 radical (unpaired) electrons. The van der Waals surface area contributed by atoms with Crippen LogP contribution >= 0.6 is 11.3 Å². The maximum absolute atomic E-state index is 11.1. The molecular formula is C14H12N2OS. The van der Waals surface area contributed by atoms with Crippen molar-refractivity contribution in [2.24, 2.45) is 12.0 Å². The standard InChI is InChI=1S/C14H12N2OS/c1-9(17)15-14-16(2)13-11-6-4-3-5-10(11)7-8-12(13)18-14/h3-8H,1-2H3. The van der Waals surface area contributed by atoms with Crippen LogP contribution in [0, 0.1) is 0 Å². The lowest BCUT2D eigenvalue weighted by Crippen LogP contribution is -2.11. The summed E-state index contributed by atoms with van der Waals surface area (Å²) < 4.78 is 3.14. The van der Waals surface area contributed by atoms with Gasteiger partial charge in [-0.3, -0.25) is 4.79 Å². The van der Waals surface area contributed by atoms with E-state index in [4.69, 9.17) is 0 Å². The second-order valence-electron chi connectivity index (χ2n) is 4.21. The van der Waals surface area contributed by atoms with E-state index >= 15 is 0 Å². The van der Waals surface area contributed by atoms with Crippen LogP contribution in [-0.4, -0.2) is 10.5 Å². The Balaban J connectivity index is 2.52. The van der Waals surface area contributed by atoms with E-state index in [9.17, 15) is 4.79 Å². The number of benzene rings is 2. The lowest BCUT2D eigenvalue weighted by atomic mass is 10.1. The fraction of sp³-hybridized carbons (Fsp3) is 0.143. The number of nitrogens with zero attached hydrogens (tertiary/aromatic N) is 2. The number of thiazole rings is 1. The van der Waals surface area contributed by atoms with Crippen molar-refractivity contribution in [1.29, 1.82) is 0 Å². The molecule has 0 aliphatic heterocycles. The zero-order chi connectivity index (χ0) is 12.7. The summed E-state index contributed by atoms with van der Waals surface area (Å²) in [6, 6.07) is 12.4. The monoisotopic (exact) mass is 256 g/mol. The van der Waals surface area contributed by atoms with Gasteiger partial charge < -0.3 is 4.57 Å². The normalized spacial score (nSPS) is 12.4. The van der Waals surface area contributed by atoms with Crippen molar-refractivity contribution in [3.05, 3.63) is 41.2 Å². The summed E-state index contributed by atoms with van der Waals surface area (Å²) >= 11 is 1.54. The van der Waals surface area contributed by atoms with Crippen molar-refractivity contribution < 1.29 is 4.79 Å². The first-order valence-corrected chi connectivity index (χ1v) is 6.51. The quantitative estimate of drug-likeness (QED) is 0.609. The smallest absolute Gasteiger partial charge is 0.245 e. The summed E-state index contributed by atoms with van der Waals surface area (Å²) in [5.74, 6) is -0.165. The van der Waals surface area contributed by atoms with Crippen LogP contribution in [0.15, 0.2) is 41.4 Å². The Morgan fingerprint density at radius 1 is 1.22 bits per heavy atom. The van der Waals surface area contributed by atoms with Gasteiger partial charge in [0.15, 0.2) is 4.80 Å². The average molecular weight is 256 g/mol. The van der Waals surface area contributed by atoms with Crippen molar-refractivity contribution in [2.75, 3.05) is 0 Å². The van der Waals surface area contributed by atoms with Crippen molar-refractivity contribution in [3.63, 3.8) is 0 Å². The van der Waals surface area contributed by atoms with Crippen molar-refractivity contribution >= 4 is 38.2 Å². The van der Waals surface area contributed by atoms with Gasteiger partial charge in [0.05, 0.1) is 10.2 Å². The maximum Gasteiger partial charge on any atom is 0.245 e. The molecule has 0 saturated carbocycles. The van der Waals surface area contributed by atoms with Crippen LogP contribution in [0.1, 0.15) is 6.92 Å². The summed E-state index contributed by atoms with van der Waals surface area (Å²) in [5, 5.41) is 2.39. The second kappa shape index (κ2) is 4.07. The van der Waals surface area contributed by atoms with E-state index in [0.29, 0.717) is 0 Å². The van der Waals surface area contributed by atoms with Crippen LogP contribution in [0.3, 0.4) is 0 Å². The molecule has 18 heavy (non-hydrogen) atoms. The Labute approximate surface area is 108 Å². The first-order valence-electron chi connectivity index (χ1n) is 5.69. The minimum absolute atomic E-state index is 0.165. The van der Waals surface area contributed by atoms with Gasteiger partial charge >= 0.3 is 0 Å². The van der Waals surface area contributed by atoms with Crippen LogP contribution in [0.5, 0.6) is 0 Å². The van der Waals surface area contributed by atoms with Crippen LogP contribution in [0.2, 0.25) is 0 Å². The Morgan fingerprint density at radius 3 is 2.78 bits per heavy atom. The van der Waals surface area contributed by atoms with E-state index in [1.165, 1.54) is 17.7 Å². The summed E-state index contributed by atoms with van der Waals surface area (Å²) in [7, 11) is 1.95. The number of aryl methyl sites for hydroxylation is 1. The third kappa shape index (κ3) is 1.66. The molecule has 3 aromatic rings. The lowest BCUT2D eigenvalue weighted by Gasteiger charge is -2.01. The topological polar surface area (TPSA) is 34.4 Å². The Morgan fingerprint density at radius 2 is 2.00 bits per heavy atom. The van der Waals surface area contributed by atoms with E-state index in [-0.39, 0.29) is 5.91 Å². The van der Waals surface area contributed by atoms with Crippen LogP contribution in [0.4, 0.5) is 0 Å². The maximum atomic E-state index is 11.1. The SMILES string of the molecule is CC(=O)N=c1sc2ccc3ccccc3c2n1C. The van der Waals surface area contributed by atoms with E-state index < -0.39 is 0 Å². The summed E-state index contributed by atoms with van der Waals surface area (Å²) in [6.07, 6.45) is 0. The minimum Gasteiger partial charge on any atom is -0.319 e. The Hall–Kier alpha value is -1.94. The van der Waals surface area contributed by atoms with Gasteiger partial charge in [-0.05, 0) is 11.5 Å². The molecule has 90 valence electrons. The molecule has 0 fully saturated rings. The Bertz CT molecular complexity index is 827. The zero-order valence-electron chi connectivity index (χ0n) is 10.2. The molecule has 0 aliphatic rings. The lowest BCUT2D eigenvalue weighted by molar-refractivity contribution is -0.116. The number of aromatic nitrogens is 1. The molecule has 4 heteroatoms. The highest BCUT2D eigenvalue weighted by atomic mass is 32.1. The molecule has 0 atom stereocenters. The highest BCUT2D eigenvalue weighted by Crippen LogP contribution is 2.26. The number of rotatable bonds is 0. The highest BCUT2D eigenvalue weighted by Gasteiger charge is 2.07. The van der Waals surface area contributed by atoms with Crippen LogP contribution in [-0.2, 0) is 11.8 Å². The molecule has 1 aromatic heterocycles. The van der Waals surface area contributed by atoms with Gasteiger partial charge in [0.1, 0.15) is 0 Å². The molecular weight excluding hydrogens is 244 g/mol. The number of amides is 1. The van der Waals surface area contributed by atoms with Gasteiger partial charge in [-0.15, -0.1) is 0 Å². The number of carbonyl (C=O) groups is 1. The fourth-order valence-electron chi connectivity index (χ4n) is 2.16. The van der Waals surface area contributed by atoms with Crippen molar-refractivity contribution in [1.82, 2.24) is 4.57 Å². The Kier molecular flexibility index (Phi) is 2.52. The molecule has 0 N–H and O–H groups in total. The molecule has 0 spiro atoms. The van der Waals surface area contributed by atoms with Crippen molar-refractivity contribution in [2.45, 2.75) is 6.92 Å². The van der Waals surface area contributed by atoms with Crippen LogP contribution < -0.4 is 4.80 Å². The predicted octanol–water partition coefficient (Wildman–Crippen LogP) is 2.84. The third-order valence-electron chi connectivity index (χ3n) is 2.94. The number of hydrogen-bond acceptors (Lipinski definition) is 2. The zero-order valence-corrected chi connectivity index (χ0v) is 11.0. The third-order valence-corrected chi connectivity index (χ3v) is 4.04. The van der Waals surface area contributed by atoms with Gasteiger partial charge in [0, 0.05) is 19.4 Å². The minimum atomic E-state index is -0.165. The molecule has 3 nitrogen and oxygen atoms in total. The fourth-order valence-corrected chi connectivity index (χ4v) is 3.24. The van der Waals surface area contributed by atoms with E-state index in [1.54, 1.807) is 11.3 Å². The summed E-state index contributed by atoms with van der Waals surface area (Å²) in [6.45, 7) is 1.47. The molecule has 0 saturated heterocycles. The molecule has 2 aromatic carbocycles. The van der Waals surface area contributed by atoms with E-state index in [2.05, 4.69) is 29.3 Å². The predicted molar refractivity (Wildman–Crippen MR) is 74.5 cm³/mol. The first-order chi connectivity index (χ1) is 8.66. The van der Waals surface area contributed by atoms with E-state index in [1.807, 2.05) is 23.7 Å². The summed E-state index contributed by atoms with van der Waals surface area (Å²) in [5.41, 5.74) is 1.14. The number of carbonyl (C=O) groups excluding carboxylic acids is 1.